The summed E-state index contributed by atoms with van der Waals surface area (Å²) in [5.74, 6) is -0.419. The van der Waals surface area contributed by atoms with E-state index in [9.17, 15) is 9.90 Å². The number of carbonyl (C=O) groups is 2. The highest BCUT2D eigenvalue weighted by atomic mass is 16.6. The number of hydrogen-bond donors (Lipinski definition) is 2. The third kappa shape index (κ3) is 20.1. The van der Waals surface area contributed by atoms with Gasteiger partial charge in [-0.3, -0.25) is 9.59 Å². The predicted octanol–water partition coefficient (Wildman–Crippen LogP) is 2.38. The van der Waals surface area contributed by atoms with E-state index in [1.807, 2.05) is 0 Å². The summed E-state index contributed by atoms with van der Waals surface area (Å²) in [4.78, 5) is 18.8. The maximum atomic E-state index is 10.5. The topological polar surface area (TPSA) is 83.8 Å². The van der Waals surface area contributed by atoms with Gasteiger partial charge in [0.05, 0.1) is 5.60 Å². The molecule has 0 spiro atoms. The number of unbranched alkanes of at least 4 members (excludes halogenated alkanes) is 1. The standard InChI is InChI=1S/C8H14O3.C4H10.CH2O2/c1-5-7(8(3,4)10)11-6(2)9;1-3-4-2;2-1-3/h5,7,10H,1H2,2-4H3;3-4H2,1-2H3;1H,(H,2,3)/t7-;;/m0../s1. The lowest BCUT2D eigenvalue weighted by Gasteiger charge is -2.25. The van der Waals surface area contributed by atoms with Gasteiger partial charge >= 0.3 is 5.97 Å². The summed E-state index contributed by atoms with van der Waals surface area (Å²) < 4.78 is 4.76. The molecule has 0 aromatic rings. The Balaban J connectivity index is -0.000000266. The fourth-order valence-electron chi connectivity index (χ4n) is 0.660. The summed E-state index contributed by atoms with van der Waals surface area (Å²) in [6.45, 7) is 12.0. The molecule has 0 aromatic heterocycles. The van der Waals surface area contributed by atoms with Crippen LogP contribution in [0.15, 0.2) is 12.7 Å². The molecule has 0 saturated heterocycles. The lowest BCUT2D eigenvalue weighted by atomic mass is 10.0. The zero-order valence-corrected chi connectivity index (χ0v) is 12.0. The van der Waals surface area contributed by atoms with Crippen molar-refractivity contribution in [3.63, 3.8) is 0 Å². The highest BCUT2D eigenvalue weighted by molar-refractivity contribution is 5.66. The molecular weight excluding hydrogens is 236 g/mol. The van der Waals surface area contributed by atoms with Crippen LogP contribution in [0.1, 0.15) is 47.5 Å². The predicted molar refractivity (Wildman–Crippen MR) is 71.3 cm³/mol. The van der Waals surface area contributed by atoms with Crippen molar-refractivity contribution in [3.05, 3.63) is 12.7 Å². The third-order valence-electron chi connectivity index (χ3n) is 1.70. The first kappa shape index (κ1) is 21.9. The van der Waals surface area contributed by atoms with Crippen LogP contribution >= 0.6 is 0 Å². The van der Waals surface area contributed by atoms with Crippen LogP contribution in [0, 0.1) is 0 Å². The molecule has 0 saturated carbocycles. The molecule has 0 aliphatic heterocycles. The van der Waals surface area contributed by atoms with Crippen molar-refractivity contribution in [2.24, 2.45) is 0 Å². The van der Waals surface area contributed by atoms with Gasteiger partial charge in [0.25, 0.3) is 6.47 Å². The minimum absolute atomic E-state index is 0.250. The molecule has 5 nitrogen and oxygen atoms in total. The zero-order chi connectivity index (χ0) is 15.2. The van der Waals surface area contributed by atoms with Gasteiger partial charge in [-0.2, -0.15) is 0 Å². The van der Waals surface area contributed by atoms with E-state index < -0.39 is 17.7 Å². The van der Waals surface area contributed by atoms with Crippen LogP contribution < -0.4 is 0 Å². The van der Waals surface area contributed by atoms with Crippen molar-refractivity contribution in [3.8, 4) is 0 Å². The molecule has 0 radical (unpaired) electrons. The molecule has 108 valence electrons. The lowest BCUT2D eigenvalue weighted by molar-refractivity contribution is -0.154. The summed E-state index contributed by atoms with van der Waals surface area (Å²) >= 11 is 0. The molecule has 0 heterocycles. The van der Waals surface area contributed by atoms with E-state index in [4.69, 9.17) is 14.6 Å². The summed E-state index contributed by atoms with van der Waals surface area (Å²) in [5.41, 5.74) is -1.06. The maximum Gasteiger partial charge on any atom is 0.303 e. The minimum Gasteiger partial charge on any atom is -0.483 e. The summed E-state index contributed by atoms with van der Waals surface area (Å²) in [7, 11) is 0. The molecule has 1 atom stereocenters. The second kappa shape index (κ2) is 13.7. The molecule has 0 amide bonds. The molecular formula is C13H26O5. The molecule has 0 fully saturated rings. The summed E-state index contributed by atoms with van der Waals surface area (Å²) in [6.07, 6.45) is 3.40. The molecule has 0 aromatic carbocycles. The maximum absolute atomic E-state index is 10.5. The van der Waals surface area contributed by atoms with E-state index in [0.717, 1.165) is 0 Å². The number of aliphatic hydroxyl groups is 1. The Morgan fingerprint density at radius 1 is 1.39 bits per heavy atom. The van der Waals surface area contributed by atoms with E-state index in [1.54, 1.807) is 13.8 Å². The molecule has 5 heteroatoms. The van der Waals surface area contributed by atoms with Crippen molar-refractivity contribution in [2.75, 3.05) is 0 Å². The van der Waals surface area contributed by atoms with E-state index in [2.05, 4.69) is 20.4 Å². The first-order valence-corrected chi connectivity index (χ1v) is 5.81. The van der Waals surface area contributed by atoms with Gasteiger partial charge in [-0.05, 0) is 19.9 Å². The van der Waals surface area contributed by atoms with Crippen molar-refractivity contribution in [2.45, 2.75) is 59.2 Å². The highest BCUT2D eigenvalue weighted by Gasteiger charge is 2.26. The number of esters is 1. The summed E-state index contributed by atoms with van der Waals surface area (Å²) in [5, 5.41) is 16.3. The minimum atomic E-state index is -1.06. The fourth-order valence-corrected chi connectivity index (χ4v) is 0.660. The van der Waals surface area contributed by atoms with Crippen LogP contribution in [-0.4, -0.2) is 34.4 Å². The first-order valence-electron chi connectivity index (χ1n) is 5.81. The van der Waals surface area contributed by atoms with Gasteiger partial charge < -0.3 is 14.9 Å². The van der Waals surface area contributed by atoms with Crippen LogP contribution in [-0.2, 0) is 14.3 Å². The van der Waals surface area contributed by atoms with Gasteiger partial charge in [0.1, 0.15) is 6.10 Å². The fraction of sp³-hybridized carbons (Fsp3) is 0.692. The quantitative estimate of drug-likeness (QED) is 0.461. The van der Waals surface area contributed by atoms with Gasteiger partial charge in [-0.1, -0.05) is 33.3 Å². The molecule has 0 unspecified atom stereocenters. The number of carboxylic acid groups (broad SMARTS) is 1. The van der Waals surface area contributed by atoms with Crippen molar-refractivity contribution >= 4 is 12.4 Å². The second-order valence-electron chi connectivity index (χ2n) is 4.02. The second-order valence-corrected chi connectivity index (χ2v) is 4.02. The normalized spacial score (nSPS) is 10.8. The van der Waals surface area contributed by atoms with Crippen LogP contribution in [0.25, 0.3) is 0 Å². The average molecular weight is 262 g/mol. The van der Waals surface area contributed by atoms with Crippen molar-refractivity contribution < 1.29 is 24.5 Å². The zero-order valence-electron chi connectivity index (χ0n) is 12.0. The lowest BCUT2D eigenvalue weighted by Crippen LogP contribution is -2.37. The van der Waals surface area contributed by atoms with Crippen LogP contribution in [0.3, 0.4) is 0 Å². The number of carbonyl (C=O) groups excluding carboxylic acids is 1. The van der Waals surface area contributed by atoms with Crippen LogP contribution in [0.4, 0.5) is 0 Å². The third-order valence-corrected chi connectivity index (χ3v) is 1.70. The Morgan fingerprint density at radius 3 is 1.78 bits per heavy atom. The van der Waals surface area contributed by atoms with Gasteiger partial charge in [0.2, 0.25) is 0 Å². The molecule has 0 rings (SSSR count). The SMILES string of the molecule is C=C[C@H](OC(C)=O)C(C)(C)O.CCCC.O=CO. The molecule has 0 aliphatic carbocycles. The van der Waals surface area contributed by atoms with E-state index in [0.29, 0.717) is 0 Å². The monoisotopic (exact) mass is 262 g/mol. The summed E-state index contributed by atoms with van der Waals surface area (Å²) in [6, 6.07) is 0. The number of ether oxygens (including phenoxy) is 1. The number of rotatable bonds is 4. The Morgan fingerprint density at radius 2 is 1.72 bits per heavy atom. The van der Waals surface area contributed by atoms with Crippen molar-refractivity contribution in [1.82, 2.24) is 0 Å². The van der Waals surface area contributed by atoms with Crippen LogP contribution in [0.5, 0.6) is 0 Å². The first-order chi connectivity index (χ1) is 8.20. The Labute approximate surface area is 109 Å². The highest BCUT2D eigenvalue weighted by Crippen LogP contribution is 2.13. The van der Waals surface area contributed by atoms with Gasteiger partial charge in [-0.25, -0.2) is 0 Å². The smallest absolute Gasteiger partial charge is 0.303 e. The molecule has 0 aliphatic rings. The molecule has 18 heavy (non-hydrogen) atoms. The Bertz CT molecular complexity index is 216. The molecule has 2 N–H and O–H groups in total. The van der Waals surface area contributed by atoms with Crippen LogP contribution in [0.2, 0.25) is 0 Å². The Kier molecular flexibility index (Phi) is 16.7. The number of hydrogen-bond acceptors (Lipinski definition) is 4. The molecule has 0 bridgehead atoms. The Hall–Kier alpha value is -1.36. The van der Waals surface area contributed by atoms with Crippen molar-refractivity contribution in [1.29, 1.82) is 0 Å². The van der Waals surface area contributed by atoms with Gasteiger partial charge in [-0.15, -0.1) is 0 Å². The average Bonchev–Trinajstić information content (AvgIpc) is 2.25. The van der Waals surface area contributed by atoms with Gasteiger partial charge in [0.15, 0.2) is 0 Å². The van der Waals surface area contributed by atoms with Gasteiger partial charge in [0, 0.05) is 6.92 Å². The van der Waals surface area contributed by atoms with E-state index in [-0.39, 0.29) is 6.47 Å². The largest absolute Gasteiger partial charge is 0.483 e. The van der Waals surface area contributed by atoms with E-state index in [1.165, 1.54) is 25.8 Å². The van der Waals surface area contributed by atoms with E-state index >= 15 is 0 Å².